The second kappa shape index (κ2) is 3.82. The lowest BCUT2D eigenvalue weighted by Gasteiger charge is -1.92. The molecule has 1 aromatic carbocycles. The van der Waals surface area contributed by atoms with Gasteiger partial charge in [0.1, 0.15) is 5.82 Å². The zero-order valence-electron chi connectivity index (χ0n) is 8.31. The van der Waals surface area contributed by atoms with Crippen molar-refractivity contribution < 1.29 is 4.39 Å². The Morgan fingerprint density at radius 2 is 2.14 bits per heavy atom. The molecule has 0 spiro atoms. The van der Waals surface area contributed by atoms with Crippen LogP contribution >= 0.6 is 0 Å². The Hall–Kier alpha value is -1.31. The van der Waals surface area contributed by atoms with Gasteiger partial charge in [0, 0.05) is 11.2 Å². The number of nitrogens with one attached hydrogen (secondary N) is 1. The molecule has 0 aliphatic rings. The van der Waals surface area contributed by atoms with E-state index in [1.165, 1.54) is 24.6 Å². The lowest BCUT2D eigenvalue weighted by molar-refractivity contribution is 0.629. The zero-order chi connectivity index (χ0) is 9.97. The minimum atomic E-state index is -0.179. The highest BCUT2D eigenvalue weighted by Crippen LogP contribution is 2.17. The van der Waals surface area contributed by atoms with Crippen molar-refractivity contribution in [2.45, 2.75) is 26.2 Å². The molecule has 2 rings (SSSR count). The van der Waals surface area contributed by atoms with Crippen molar-refractivity contribution in [1.29, 1.82) is 0 Å². The van der Waals surface area contributed by atoms with Gasteiger partial charge in [-0.15, -0.1) is 0 Å². The van der Waals surface area contributed by atoms with E-state index in [-0.39, 0.29) is 5.82 Å². The van der Waals surface area contributed by atoms with Crippen LogP contribution in [0.5, 0.6) is 0 Å². The second-order valence-corrected chi connectivity index (χ2v) is 3.63. The molecule has 14 heavy (non-hydrogen) atoms. The summed E-state index contributed by atoms with van der Waals surface area (Å²) in [6.07, 6.45) is 3.41. The van der Waals surface area contributed by atoms with Crippen molar-refractivity contribution >= 4 is 10.9 Å². The summed E-state index contributed by atoms with van der Waals surface area (Å²) in [7, 11) is 0. The van der Waals surface area contributed by atoms with Crippen molar-refractivity contribution in [2.24, 2.45) is 0 Å². The van der Waals surface area contributed by atoms with Crippen molar-refractivity contribution in [3.8, 4) is 0 Å². The van der Waals surface area contributed by atoms with Crippen LogP contribution in [-0.4, -0.2) is 4.98 Å². The number of hydrogen-bond acceptors (Lipinski definition) is 0. The molecule has 0 radical (unpaired) electrons. The van der Waals surface area contributed by atoms with Crippen LogP contribution in [0.2, 0.25) is 0 Å². The van der Waals surface area contributed by atoms with Crippen molar-refractivity contribution in [2.75, 3.05) is 0 Å². The quantitative estimate of drug-likeness (QED) is 0.762. The van der Waals surface area contributed by atoms with Gasteiger partial charge >= 0.3 is 0 Å². The Balaban J connectivity index is 2.32. The fourth-order valence-corrected chi connectivity index (χ4v) is 1.66. The average molecular weight is 191 g/mol. The van der Waals surface area contributed by atoms with E-state index in [9.17, 15) is 4.39 Å². The van der Waals surface area contributed by atoms with Gasteiger partial charge in [0.2, 0.25) is 0 Å². The van der Waals surface area contributed by atoms with Crippen molar-refractivity contribution in [1.82, 2.24) is 4.98 Å². The van der Waals surface area contributed by atoms with E-state index in [0.717, 1.165) is 17.3 Å². The number of aromatic nitrogens is 1. The highest BCUT2D eigenvalue weighted by atomic mass is 19.1. The topological polar surface area (TPSA) is 15.8 Å². The molecule has 0 aliphatic heterocycles. The Labute approximate surface area is 82.9 Å². The summed E-state index contributed by atoms with van der Waals surface area (Å²) in [5.74, 6) is -0.179. The summed E-state index contributed by atoms with van der Waals surface area (Å²) in [4.78, 5) is 3.23. The molecule has 74 valence electrons. The van der Waals surface area contributed by atoms with Gasteiger partial charge in [-0.1, -0.05) is 13.3 Å². The lowest BCUT2D eigenvalue weighted by atomic mass is 10.2. The molecule has 0 saturated carbocycles. The number of benzene rings is 1. The number of H-pyrrole nitrogens is 1. The minimum absolute atomic E-state index is 0.179. The highest BCUT2D eigenvalue weighted by Gasteiger charge is 2.00. The first-order valence-electron chi connectivity index (χ1n) is 5.07. The molecule has 1 N–H and O–H groups in total. The monoisotopic (exact) mass is 191 g/mol. The normalized spacial score (nSPS) is 11.0. The molecule has 1 heterocycles. The molecule has 0 saturated heterocycles. The van der Waals surface area contributed by atoms with Crippen LogP contribution in [0.1, 0.15) is 25.5 Å². The number of aryl methyl sites for hydroxylation is 1. The zero-order valence-corrected chi connectivity index (χ0v) is 8.31. The molecule has 1 nitrogen and oxygen atoms in total. The summed E-state index contributed by atoms with van der Waals surface area (Å²) >= 11 is 0. The molecular weight excluding hydrogens is 177 g/mol. The van der Waals surface area contributed by atoms with Crippen LogP contribution in [0.15, 0.2) is 24.3 Å². The van der Waals surface area contributed by atoms with E-state index < -0.39 is 0 Å². The van der Waals surface area contributed by atoms with Gasteiger partial charge in [0.05, 0.1) is 0 Å². The van der Waals surface area contributed by atoms with Crippen LogP contribution in [0, 0.1) is 5.82 Å². The maximum Gasteiger partial charge on any atom is 0.125 e. The molecule has 0 aliphatic carbocycles. The standard InChI is InChI=1S/C12H14FN/c1-2-3-4-11-7-9-5-6-10(13)8-12(9)14-11/h5-8,14H,2-4H2,1H3. The van der Waals surface area contributed by atoms with E-state index in [2.05, 4.69) is 18.0 Å². The number of hydrogen-bond donors (Lipinski definition) is 1. The van der Waals surface area contributed by atoms with Gasteiger partial charge < -0.3 is 4.98 Å². The molecule has 2 aromatic rings. The van der Waals surface area contributed by atoms with Gasteiger partial charge in [-0.05, 0) is 42.5 Å². The number of unbranched alkanes of at least 4 members (excludes halogenated alkanes) is 1. The Kier molecular flexibility index (Phi) is 2.53. The number of aromatic amines is 1. The van der Waals surface area contributed by atoms with E-state index in [4.69, 9.17) is 0 Å². The van der Waals surface area contributed by atoms with Gasteiger partial charge in [-0.3, -0.25) is 0 Å². The molecular formula is C12H14FN. The predicted octanol–water partition coefficient (Wildman–Crippen LogP) is 3.65. The fourth-order valence-electron chi connectivity index (χ4n) is 1.66. The third-order valence-corrected chi connectivity index (χ3v) is 2.44. The fraction of sp³-hybridized carbons (Fsp3) is 0.333. The third-order valence-electron chi connectivity index (χ3n) is 2.44. The molecule has 0 fully saturated rings. The number of rotatable bonds is 3. The Morgan fingerprint density at radius 3 is 2.93 bits per heavy atom. The SMILES string of the molecule is CCCCc1cc2ccc(F)cc2[nH]1. The van der Waals surface area contributed by atoms with Crippen LogP contribution in [0.4, 0.5) is 4.39 Å². The molecule has 0 atom stereocenters. The summed E-state index contributed by atoms with van der Waals surface area (Å²) in [5, 5.41) is 1.09. The maximum absolute atomic E-state index is 12.9. The molecule has 0 amide bonds. The van der Waals surface area contributed by atoms with E-state index in [1.807, 2.05) is 6.07 Å². The predicted molar refractivity (Wildman–Crippen MR) is 56.9 cm³/mol. The van der Waals surface area contributed by atoms with Gasteiger partial charge in [-0.2, -0.15) is 0 Å². The first-order valence-corrected chi connectivity index (χ1v) is 5.07. The van der Waals surface area contributed by atoms with Crippen LogP contribution in [-0.2, 0) is 6.42 Å². The molecule has 2 heteroatoms. The average Bonchev–Trinajstić information content (AvgIpc) is 2.56. The van der Waals surface area contributed by atoms with Crippen LogP contribution in [0.3, 0.4) is 0 Å². The highest BCUT2D eigenvalue weighted by molar-refractivity contribution is 5.80. The summed E-state index contributed by atoms with van der Waals surface area (Å²) in [5.41, 5.74) is 2.10. The molecule has 1 aromatic heterocycles. The molecule has 0 unspecified atom stereocenters. The van der Waals surface area contributed by atoms with E-state index >= 15 is 0 Å². The number of fused-ring (bicyclic) bond motifs is 1. The Bertz CT molecular complexity index is 431. The third kappa shape index (κ3) is 1.79. The smallest absolute Gasteiger partial charge is 0.125 e. The summed E-state index contributed by atoms with van der Waals surface area (Å²) in [6.45, 7) is 2.17. The van der Waals surface area contributed by atoms with Crippen LogP contribution in [0.25, 0.3) is 10.9 Å². The summed E-state index contributed by atoms with van der Waals surface area (Å²) < 4.78 is 12.9. The minimum Gasteiger partial charge on any atom is -0.358 e. The van der Waals surface area contributed by atoms with Crippen molar-refractivity contribution in [3.05, 3.63) is 35.8 Å². The van der Waals surface area contributed by atoms with Gasteiger partial charge in [0.15, 0.2) is 0 Å². The first-order chi connectivity index (χ1) is 6.79. The van der Waals surface area contributed by atoms with Gasteiger partial charge in [-0.25, -0.2) is 4.39 Å². The lowest BCUT2D eigenvalue weighted by Crippen LogP contribution is -1.82. The largest absolute Gasteiger partial charge is 0.358 e. The second-order valence-electron chi connectivity index (χ2n) is 3.63. The summed E-state index contributed by atoms with van der Waals surface area (Å²) in [6, 6.07) is 6.96. The maximum atomic E-state index is 12.9. The Morgan fingerprint density at radius 1 is 1.29 bits per heavy atom. The van der Waals surface area contributed by atoms with E-state index in [1.54, 1.807) is 6.07 Å². The van der Waals surface area contributed by atoms with Crippen LogP contribution < -0.4 is 0 Å². The number of halogens is 1. The van der Waals surface area contributed by atoms with Gasteiger partial charge in [0.25, 0.3) is 0 Å². The van der Waals surface area contributed by atoms with Crippen molar-refractivity contribution in [3.63, 3.8) is 0 Å². The molecule has 0 bridgehead atoms. The first kappa shape index (κ1) is 9.25. The van der Waals surface area contributed by atoms with E-state index in [0.29, 0.717) is 0 Å².